The molecule has 2 aromatic carbocycles. The van der Waals surface area contributed by atoms with Crippen molar-refractivity contribution < 1.29 is 18.1 Å². The molecule has 0 aliphatic carbocycles. The van der Waals surface area contributed by atoms with Crippen LogP contribution in [-0.2, 0) is 15.6 Å². The van der Waals surface area contributed by atoms with E-state index in [9.17, 15) is 18.5 Å². The van der Waals surface area contributed by atoms with Crippen molar-refractivity contribution in [3.05, 3.63) is 64.2 Å². The molecule has 0 aliphatic heterocycles. The van der Waals surface area contributed by atoms with Gasteiger partial charge >= 0.3 is 0 Å². The van der Waals surface area contributed by atoms with Gasteiger partial charge in [0, 0.05) is 12.1 Å². The number of sulfone groups is 1. The maximum Gasteiger partial charge on any atom is 0.269 e. The zero-order valence-corrected chi connectivity index (χ0v) is 12.0. The lowest BCUT2D eigenvalue weighted by Crippen LogP contribution is -2.05. The first-order chi connectivity index (χ1) is 9.92. The van der Waals surface area contributed by atoms with Gasteiger partial charge in [0.2, 0.25) is 0 Å². The maximum absolute atomic E-state index is 12.3. The topological polar surface area (TPSA) is 86.5 Å². The van der Waals surface area contributed by atoms with Crippen LogP contribution in [0.1, 0.15) is 5.56 Å². The molecule has 0 heterocycles. The molecule has 0 N–H and O–H groups in total. The lowest BCUT2D eigenvalue weighted by Gasteiger charge is -2.06. The summed E-state index contributed by atoms with van der Waals surface area (Å²) in [5.41, 5.74) is 0.418. The van der Waals surface area contributed by atoms with Crippen molar-refractivity contribution in [3.8, 4) is 5.75 Å². The van der Waals surface area contributed by atoms with Crippen LogP contribution >= 0.6 is 0 Å². The largest absolute Gasteiger partial charge is 0.497 e. The molecule has 6 nitrogen and oxygen atoms in total. The van der Waals surface area contributed by atoms with Crippen molar-refractivity contribution in [2.45, 2.75) is 10.6 Å². The number of nitro groups is 1. The zero-order chi connectivity index (χ0) is 15.5. The summed E-state index contributed by atoms with van der Waals surface area (Å²) < 4.78 is 29.6. The zero-order valence-electron chi connectivity index (χ0n) is 11.2. The fraction of sp³-hybridized carbons (Fsp3) is 0.143. The highest BCUT2D eigenvalue weighted by Crippen LogP contribution is 2.22. The van der Waals surface area contributed by atoms with E-state index in [1.807, 2.05) is 0 Å². The van der Waals surface area contributed by atoms with Crippen LogP contribution in [0.4, 0.5) is 5.69 Å². The molecule has 0 saturated heterocycles. The number of rotatable bonds is 5. The molecular formula is C14H13NO5S. The van der Waals surface area contributed by atoms with Crippen LogP contribution in [0.2, 0.25) is 0 Å². The Balaban J connectivity index is 2.26. The number of ether oxygens (including phenoxy) is 1. The first kappa shape index (κ1) is 15.0. The SMILES string of the molecule is COc1cccc(S(=O)(=O)Cc2ccc([N+](=O)[O-])cc2)c1. The molecular weight excluding hydrogens is 294 g/mol. The van der Waals surface area contributed by atoms with Gasteiger partial charge in [0.1, 0.15) is 5.75 Å². The number of hydrogen-bond acceptors (Lipinski definition) is 5. The second-order valence-electron chi connectivity index (χ2n) is 4.36. The monoisotopic (exact) mass is 307 g/mol. The molecule has 0 aromatic heterocycles. The smallest absolute Gasteiger partial charge is 0.269 e. The predicted molar refractivity (Wildman–Crippen MR) is 77.0 cm³/mol. The Morgan fingerprint density at radius 3 is 2.38 bits per heavy atom. The van der Waals surface area contributed by atoms with Crippen LogP contribution in [0.3, 0.4) is 0 Å². The standard InChI is InChI=1S/C14H13NO5S/c1-20-13-3-2-4-14(9-13)21(18,19)10-11-5-7-12(8-6-11)15(16)17/h2-9H,10H2,1H3. The minimum Gasteiger partial charge on any atom is -0.497 e. The van der Waals surface area contributed by atoms with E-state index in [0.29, 0.717) is 11.3 Å². The third kappa shape index (κ3) is 3.57. The van der Waals surface area contributed by atoms with Crippen LogP contribution in [-0.4, -0.2) is 20.5 Å². The summed E-state index contributed by atoms with van der Waals surface area (Å²) in [6, 6.07) is 11.6. The van der Waals surface area contributed by atoms with Crippen LogP contribution < -0.4 is 4.74 Å². The van der Waals surface area contributed by atoms with Crippen LogP contribution in [0.25, 0.3) is 0 Å². The average Bonchev–Trinajstić information content (AvgIpc) is 2.47. The second-order valence-corrected chi connectivity index (χ2v) is 6.35. The van der Waals surface area contributed by atoms with E-state index in [1.54, 1.807) is 12.1 Å². The van der Waals surface area contributed by atoms with E-state index in [1.165, 1.54) is 43.5 Å². The van der Waals surface area contributed by atoms with E-state index >= 15 is 0 Å². The van der Waals surface area contributed by atoms with Gasteiger partial charge in [-0.25, -0.2) is 8.42 Å². The molecule has 0 radical (unpaired) electrons. The fourth-order valence-corrected chi connectivity index (χ4v) is 3.19. The Bertz CT molecular complexity index is 753. The third-order valence-electron chi connectivity index (χ3n) is 2.90. The molecule has 2 rings (SSSR count). The highest BCUT2D eigenvalue weighted by molar-refractivity contribution is 7.90. The molecule has 0 spiro atoms. The summed E-state index contributed by atoms with van der Waals surface area (Å²) in [4.78, 5) is 10.2. The normalized spacial score (nSPS) is 11.1. The van der Waals surface area contributed by atoms with Crippen molar-refractivity contribution in [2.75, 3.05) is 7.11 Å². The molecule has 110 valence electrons. The van der Waals surface area contributed by atoms with Crippen molar-refractivity contribution >= 4 is 15.5 Å². The molecule has 0 aliphatic rings. The van der Waals surface area contributed by atoms with Gasteiger partial charge in [0.25, 0.3) is 5.69 Å². The Morgan fingerprint density at radius 1 is 1.14 bits per heavy atom. The van der Waals surface area contributed by atoms with Gasteiger partial charge < -0.3 is 4.74 Å². The first-order valence-corrected chi connectivity index (χ1v) is 7.68. The van der Waals surface area contributed by atoms with Crippen molar-refractivity contribution in [1.29, 1.82) is 0 Å². The number of nitrogens with zero attached hydrogens (tertiary/aromatic N) is 1. The van der Waals surface area contributed by atoms with E-state index in [0.717, 1.165) is 0 Å². The van der Waals surface area contributed by atoms with Crippen molar-refractivity contribution in [2.24, 2.45) is 0 Å². The number of methoxy groups -OCH3 is 1. The number of non-ortho nitro benzene ring substituents is 1. The molecule has 2 aromatic rings. The van der Waals surface area contributed by atoms with E-state index in [-0.39, 0.29) is 16.3 Å². The Kier molecular flexibility index (Phi) is 4.23. The summed E-state index contributed by atoms with van der Waals surface area (Å²) in [5.74, 6) is 0.234. The van der Waals surface area contributed by atoms with Gasteiger partial charge in [-0.1, -0.05) is 18.2 Å². The van der Waals surface area contributed by atoms with Crippen LogP contribution in [0, 0.1) is 10.1 Å². The third-order valence-corrected chi connectivity index (χ3v) is 4.59. The highest BCUT2D eigenvalue weighted by Gasteiger charge is 2.16. The quantitative estimate of drug-likeness (QED) is 0.626. The second kappa shape index (κ2) is 5.92. The predicted octanol–water partition coefficient (Wildman–Crippen LogP) is 2.58. The van der Waals surface area contributed by atoms with Gasteiger partial charge in [-0.15, -0.1) is 0 Å². The molecule has 0 amide bonds. The van der Waals surface area contributed by atoms with Crippen molar-refractivity contribution in [3.63, 3.8) is 0 Å². The van der Waals surface area contributed by atoms with Crippen LogP contribution in [0.5, 0.6) is 5.75 Å². The summed E-state index contributed by atoms with van der Waals surface area (Å²) in [7, 11) is -2.07. The van der Waals surface area contributed by atoms with Gasteiger partial charge in [0.05, 0.1) is 22.7 Å². The van der Waals surface area contributed by atoms with E-state index in [2.05, 4.69) is 0 Å². The van der Waals surface area contributed by atoms with Gasteiger partial charge in [-0.2, -0.15) is 0 Å². The van der Waals surface area contributed by atoms with Crippen LogP contribution in [0.15, 0.2) is 53.4 Å². The van der Waals surface area contributed by atoms with Crippen molar-refractivity contribution in [1.82, 2.24) is 0 Å². The minimum absolute atomic E-state index is 0.0717. The van der Waals surface area contributed by atoms with Gasteiger partial charge in [0.15, 0.2) is 9.84 Å². The number of benzene rings is 2. The summed E-state index contributed by atoms with van der Waals surface area (Å²) in [6.07, 6.45) is 0. The number of hydrogen-bond donors (Lipinski definition) is 0. The first-order valence-electron chi connectivity index (χ1n) is 6.02. The van der Waals surface area contributed by atoms with Gasteiger partial charge in [-0.05, 0) is 23.8 Å². The average molecular weight is 307 g/mol. The molecule has 0 bridgehead atoms. The molecule has 7 heteroatoms. The fourth-order valence-electron chi connectivity index (χ4n) is 1.81. The molecule has 0 fully saturated rings. The lowest BCUT2D eigenvalue weighted by molar-refractivity contribution is -0.384. The molecule has 21 heavy (non-hydrogen) atoms. The van der Waals surface area contributed by atoms with Gasteiger partial charge in [-0.3, -0.25) is 10.1 Å². The summed E-state index contributed by atoms with van der Waals surface area (Å²) in [5, 5.41) is 10.6. The maximum atomic E-state index is 12.3. The number of nitro benzene ring substituents is 1. The van der Waals surface area contributed by atoms with E-state index in [4.69, 9.17) is 4.74 Å². The Morgan fingerprint density at radius 2 is 1.81 bits per heavy atom. The minimum atomic E-state index is -3.53. The molecule has 0 unspecified atom stereocenters. The Labute approximate surface area is 122 Å². The Hall–Kier alpha value is -2.41. The summed E-state index contributed by atoms with van der Waals surface area (Å²) >= 11 is 0. The highest BCUT2D eigenvalue weighted by atomic mass is 32.2. The molecule has 0 saturated carbocycles. The molecule has 0 atom stereocenters. The summed E-state index contributed by atoms with van der Waals surface area (Å²) in [6.45, 7) is 0. The lowest BCUT2D eigenvalue weighted by atomic mass is 10.2. The van der Waals surface area contributed by atoms with E-state index < -0.39 is 14.8 Å².